The van der Waals surface area contributed by atoms with Crippen LogP contribution in [0.5, 0.6) is 0 Å². The fourth-order valence-corrected chi connectivity index (χ4v) is 7.59. The Bertz CT molecular complexity index is 639. The second-order valence-electron chi connectivity index (χ2n) is 11.5. The minimum Gasteiger partial charge on any atom is -0.353 e. The van der Waals surface area contributed by atoms with Gasteiger partial charge in [0.15, 0.2) is 0 Å². The van der Waals surface area contributed by atoms with Gasteiger partial charge in [-0.1, -0.05) is 13.8 Å². The molecule has 4 aliphatic rings. The molecule has 5 unspecified atom stereocenters. The second kappa shape index (κ2) is 6.22. The van der Waals surface area contributed by atoms with Crippen molar-refractivity contribution < 1.29 is 9.59 Å². The largest absolute Gasteiger partial charge is 0.353 e. The molecule has 0 aromatic heterocycles. The number of fused-ring (bicyclic) bond motifs is 5. The van der Waals surface area contributed by atoms with E-state index in [1.807, 2.05) is 0 Å². The highest BCUT2D eigenvalue weighted by atomic mass is 16.2. The summed E-state index contributed by atoms with van der Waals surface area (Å²) in [6, 6.07) is 0.366. The number of piperidine rings is 1. The Balaban J connectivity index is 1.55. The third-order valence-corrected chi connectivity index (χ3v) is 8.91. The van der Waals surface area contributed by atoms with Gasteiger partial charge < -0.3 is 10.6 Å². The van der Waals surface area contributed by atoms with Crippen LogP contribution in [0, 0.1) is 34.5 Å². The van der Waals surface area contributed by atoms with Crippen LogP contribution in [0.1, 0.15) is 86.0 Å². The lowest BCUT2D eigenvalue weighted by atomic mass is 9.47. The molecule has 4 rings (SSSR count). The van der Waals surface area contributed by atoms with Crippen molar-refractivity contribution in [1.29, 1.82) is 0 Å². The van der Waals surface area contributed by atoms with Crippen LogP contribution in [0.4, 0.5) is 0 Å². The van der Waals surface area contributed by atoms with Crippen molar-refractivity contribution in [1.82, 2.24) is 10.6 Å². The Morgan fingerprint density at radius 3 is 2.41 bits per heavy atom. The van der Waals surface area contributed by atoms with Crippen molar-refractivity contribution in [2.75, 3.05) is 0 Å². The molecule has 0 aromatic carbocycles. The molecule has 4 heteroatoms. The average molecular weight is 375 g/mol. The van der Waals surface area contributed by atoms with E-state index in [0.29, 0.717) is 24.3 Å². The summed E-state index contributed by atoms with van der Waals surface area (Å²) in [6.45, 7) is 11.1. The van der Waals surface area contributed by atoms with Gasteiger partial charge in [-0.2, -0.15) is 0 Å². The number of hydrogen-bond donors (Lipinski definition) is 2. The van der Waals surface area contributed by atoms with E-state index >= 15 is 0 Å². The van der Waals surface area contributed by atoms with Crippen LogP contribution in [-0.2, 0) is 9.59 Å². The lowest BCUT2D eigenvalue weighted by molar-refractivity contribution is -0.142. The molecule has 2 N–H and O–H groups in total. The van der Waals surface area contributed by atoms with E-state index in [1.54, 1.807) is 0 Å². The molecule has 3 aliphatic carbocycles. The van der Waals surface area contributed by atoms with Gasteiger partial charge in [0, 0.05) is 23.9 Å². The summed E-state index contributed by atoms with van der Waals surface area (Å²) in [5.41, 5.74) is 0.246. The first kappa shape index (κ1) is 19.3. The smallest absolute Gasteiger partial charge is 0.224 e. The molecule has 152 valence electrons. The van der Waals surface area contributed by atoms with Crippen molar-refractivity contribution in [3.05, 3.63) is 0 Å². The molecule has 1 aliphatic heterocycles. The molecule has 0 bridgehead atoms. The molecule has 3 saturated carbocycles. The van der Waals surface area contributed by atoms with Crippen LogP contribution in [0.2, 0.25) is 0 Å². The van der Waals surface area contributed by atoms with E-state index in [0.717, 1.165) is 31.6 Å². The van der Waals surface area contributed by atoms with Crippen LogP contribution in [0.25, 0.3) is 0 Å². The fraction of sp³-hybridized carbons (Fsp3) is 0.913. The quantitative estimate of drug-likeness (QED) is 0.728. The molecule has 27 heavy (non-hydrogen) atoms. The topological polar surface area (TPSA) is 58.2 Å². The number of rotatable bonds is 1. The van der Waals surface area contributed by atoms with Crippen molar-refractivity contribution in [3.8, 4) is 0 Å². The van der Waals surface area contributed by atoms with Crippen LogP contribution >= 0.6 is 0 Å². The molecule has 7 atom stereocenters. The van der Waals surface area contributed by atoms with Gasteiger partial charge in [-0.3, -0.25) is 9.59 Å². The second-order valence-corrected chi connectivity index (χ2v) is 11.5. The number of nitrogens with one attached hydrogen (secondary N) is 2. The standard InChI is InChI=1S/C23H38N2O2/c1-21(2,3)25-20(27)17-8-7-15-14-6-9-18-23(5,13-11-19(26)24-18)16(14)10-12-22(15,17)4/h14-18H,6-13H2,1-5H3,(H,24,26)(H,25,27)/t14?,15?,16?,17-,18-,22?,23?/m1/s1. The summed E-state index contributed by atoms with van der Waals surface area (Å²) in [6.07, 6.45) is 8.71. The Kier molecular flexibility index (Phi) is 4.44. The van der Waals surface area contributed by atoms with Gasteiger partial charge in [-0.05, 0) is 94.3 Å². The van der Waals surface area contributed by atoms with Crippen molar-refractivity contribution in [2.45, 2.75) is 97.6 Å². The first-order valence-electron chi connectivity index (χ1n) is 11.2. The minimum atomic E-state index is -0.158. The predicted octanol–water partition coefficient (Wildman–Crippen LogP) is 4.04. The van der Waals surface area contributed by atoms with E-state index in [2.05, 4.69) is 45.3 Å². The molecule has 1 saturated heterocycles. The lowest BCUT2D eigenvalue weighted by Gasteiger charge is -2.60. The summed E-state index contributed by atoms with van der Waals surface area (Å²) >= 11 is 0. The first-order valence-corrected chi connectivity index (χ1v) is 11.2. The van der Waals surface area contributed by atoms with Gasteiger partial charge in [0.05, 0.1) is 0 Å². The van der Waals surface area contributed by atoms with Crippen molar-refractivity contribution in [2.24, 2.45) is 34.5 Å². The third-order valence-electron chi connectivity index (χ3n) is 8.91. The van der Waals surface area contributed by atoms with Gasteiger partial charge in [0.1, 0.15) is 0 Å². The van der Waals surface area contributed by atoms with Gasteiger partial charge in [-0.25, -0.2) is 0 Å². The summed E-state index contributed by atoms with van der Waals surface area (Å²) < 4.78 is 0. The van der Waals surface area contributed by atoms with Crippen LogP contribution in [0.3, 0.4) is 0 Å². The van der Waals surface area contributed by atoms with E-state index in [1.165, 1.54) is 19.3 Å². The highest BCUT2D eigenvalue weighted by molar-refractivity contribution is 5.80. The van der Waals surface area contributed by atoms with E-state index in [4.69, 9.17) is 0 Å². The molecule has 0 radical (unpaired) electrons. The van der Waals surface area contributed by atoms with Gasteiger partial charge >= 0.3 is 0 Å². The van der Waals surface area contributed by atoms with Crippen LogP contribution < -0.4 is 10.6 Å². The van der Waals surface area contributed by atoms with Gasteiger partial charge in [-0.15, -0.1) is 0 Å². The Morgan fingerprint density at radius 1 is 1.00 bits per heavy atom. The first-order chi connectivity index (χ1) is 12.5. The van der Waals surface area contributed by atoms with E-state index in [-0.39, 0.29) is 34.1 Å². The average Bonchev–Trinajstić information content (AvgIpc) is 2.91. The predicted molar refractivity (Wildman–Crippen MR) is 107 cm³/mol. The van der Waals surface area contributed by atoms with Gasteiger partial charge in [0.2, 0.25) is 11.8 Å². The number of carbonyl (C=O) groups excluding carboxylic acids is 2. The Morgan fingerprint density at radius 2 is 1.70 bits per heavy atom. The molecule has 0 aromatic rings. The zero-order valence-corrected chi connectivity index (χ0v) is 17.9. The maximum atomic E-state index is 13.0. The van der Waals surface area contributed by atoms with Crippen LogP contribution in [-0.4, -0.2) is 23.4 Å². The van der Waals surface area contributed by atoms with E-state index < -0.39 is 0 Å². The number of amides is 2. The van der Waals surface area contributed by atoms with Crippen LogP contribution in [0.15, 0.2) is 0 Å². The summed E-state index contributed by atoms with van der Waals surface area (Å²) in [5, 5.41) is 6.57. The Labute approximate surface area is 164 Å². The Hall–Kier alpha value is -1.06. The normalized spacial score (nSPS) is 46.7. The number of hydrogen-bond acceptors (Lipinski definition) is 2. The summed E-state index contributed by atoms with van der Waals surface area (Å²) in [7, 11) is 0. The zero-order chi connectivity index (χ0) is 19.6. The maximum absolute atomic E-state index is 13.0. The zero-order valence-electron chi connectivity index (χ0n) is 17.9. The maximum Gasteiger partial charge on any atom is 0.224 e. The van der Waals surface area contributed by atoms with Crippen molar-refractivity contribution in [3.63, 3.8) is 0 Å². The molecular weight excluding hydrogens is 336 g/mol. The molecular formula is C23H38N2O2. The highest BCUT2D eigenvalue weighted by Crippen LogP contribution is 2.65. The highest BCUT2D eigenvalue weighted by Gasteiger charge is 2.61. The summed E-state index contributed by atoms with van der Waals surface area (Å²) in [5.74, 6) is 2.79. The minimum absolute atomic E-state index is 0.150. The molecule has 1 heterocycles. The molecule has 2 amide bonds. The third kappa shape index (κ3) is 3.02. The molecule has 0 spiro atoms. The molecule has 4 fully saturated rings. The fourth-order valence-electron chi connectivity index (χ4n) is 7.59. The molecule has 4 nitrogen and oxygen atoms in total. The summed E-state index contributed by atoms with van der Waals surface area (Å²) in [4.78, 5) is 25.0. The number of carbonyl (C=O) groups is 2. The van der Waals surface area contributed by atoms with E-state index in [9.17, 15) is 9.59 Å². The van der Waals surface area contributed by atoms with Crippen molar-refractivity contribution >= 4 is 11.8 Å². The lowest BCUT2D eigenvalue weighted by Crippen LogP contribution is -2.61. The van der Waals surface area contributed by atoms with Gasteiger partial charge in [0.25, 0.3) is 0 Å². The monoisotopic (exact) mass is 374 g/mol. The SMILES string of the molecule is CC(C)(C)NC(=O)[C@H]1CCC2C3CC[C@H]4NC(=O)CCC4(C)C3CCC21C.